The number of hydrogen-bond acceptors (Lipinski definition) is 4. The first-order valence-corrected chi connectivity index (χ1v) is 8.09. The maximum atomic E-state index is 12.7. The molecule has 1 fully saturated rings. The van der Waals surface area contributed by atoms with Gasteiger partial charge in [0.2, 0.25) is 0 Å². The van der Waals surface area contributed by atoms with Crippen molar-refractivity contribution in [2.24, 2.45) is 11.7 Å². The Balaban J connectivity index is 0.00000192. The summed E-state index contributed by atoms with van der Waals surface area (Å²) >= 11 is 0. The minimum Gasteiger partial charge on any atom is -0.490 e. The summed E-state index contributed by atoms with van der Waals surface area (Å²) in [5.41, 5.74) is 6.66. The van der Waals surface area contributed by atoms with Gasteiger partial charge < -0.3 is 20.1 Å². The van der Waals surface area contributed by atoms with Crippen LogP contribution in [-0.4, -0.2) is 43.2 Å². The van der Waals surface area contributed by atoms with Crippen LogP contribution in [0.2, 0.25) is 0 Å². The van der Waals surface area contributed by atoms with E-state index in [1.54, 1.807) is 6.07 Å². The van der Waals surface area contributed by atoms with Gasteiger partial charge in [-0.15, -0.1) is 12.4 Å². The van der Waals surface area contributed by atoms with Crippen molar-refractivity contribution in [2.45, 2.75) is 32.2 Å². The molecule has 1 amide bonds. The lowest BCUT2D eigenvalue weighted by atomic mass is 9.92. The number of ether oxygens (including phenoxy) is 2. The van der Waals surface area contributed by atoms with Crippen LogP contribution in [0, 0.1) is 5.92 Å². The average molecular weight is 341 g/mol. The molecule has 2 aliphatic rings. The minimum absolute atomic E-state index is 0. The molecule has 2 aliphatic heterocycles. The highest BCUT2D eigenvalue weighted by atomic mass is 35.5. The van der Waals surface area contributed by atoms with Crippen LogP contribution in [0.1, 0.15) is 36.5 Å². The normalized spacial score (nSPS) is 21.8. The lowest BCUT2D eigenvalue weighted by Crippen LogP contribution is -2.45. The van der Waals surface area contributed by atoms with Gasteiger partial charge in [0.1, 0.15) is 0 Å². The van der Waals surface area contributed by atoms with Crippen LogP contribution in [0.5, 0.6) is 11.5 Å². The lowest BCUT2D eigenvalue weighted by molar-refractivity contribution is 0.0660. The topological polar surface area (TPSA) is 64.8 Å². The van der Waals surface area contributed by atoms with E-state index in [9.17, 15) is 4.79 Å². The number of carbonyl (C=O) groups is 1. The molecule has 2 heterocycles. The smallest absolute Gasteiger partial charge is 0.254 e. The first-order valence-electron chi connectivity index (χ1n) is 8.09. The van der Waals surface area contributed by atoms with Crippen molar-refractivity contribution in [3.05, 3.63) is 23.8 Å². The first kappa shape index (κ1) is 17.9. The fourth-order valence-electron chi connectivity index (χ4n) is 3.10. The van der Waals surface area contributed by atoms with Gasteiger partial charge in [-0.25, -0.2) is 0 Å². The van der Waals surface area contributed by atoms with Crippen LogP contribution in [0.4, 0.5) is 0 Å². The summed E-state index contributed by atoms with van der Waals surface area (Å²) in [5.74, 6) is 1.84. The maximum absolute atomic E-state index is 12.7. The molecule has 128 valence electrons. The van der Waals surface area contributed by atoms with Crippen LogP contribution in [0.25, 0.3) is 0 Å². The number of halogens is 1. The van der Waals surface area contributed by atoms with E-state index >= 15 is 0 Å². The predicted molar refractivity (Wildman–Crippen MR) is 91.6 cm³/mol. The molecule has 0 aromatic heterocycles. The number of fused-ring (bicyclic) bond motifs is 1. The number of rotatable bonds is 2. The van der Waals surface area contributed by atoms with E-state index in [-0.39, 0.29) is 24.4 Å². The molecule has 0 bridgehead atoms. The lowest BCUT2D eigenvalue weighted by Gasteiger charge is -2.34. The Morgan fingerprint density at radius 1 is 1.26 bits per heavy atom. The van der Waals surface area contributed by atoms with E-state index in [0.29, 0.717) is 30.4 Å². The van der Waals surface area contributed by atoms with Crippen molar-refractivity contribution in [3.63, 3.8) is 0 Å². The Bertz CT molecular complexity index is 551. The number of likely N-dealkylation sites (tertiary alicyclic amines) is 1. The first-order chi connectivity index (χ1) is 10.6. The van der Waals surface area contributed by atoms with Crippen LogP contribution < -0.4 is 15.2 Å². The Hall–Kier alpha value is -1.46. The van der Waals surface area contributed by atoms with Crippen molar-refractivity contribution in [1.29, 1.82) is 0 Å². The van der Waals surface area contributed by atoms with E-state index < -0.39 is 0 Å². The Morgan fingerprint density at radius 2 is 2.00 bits per heavy atom. The van der Waals surface area contributed by atoms with E-state index in [2.05, 4.69) is 0 Å². The molecule has 23 heavy (non-hydrogen) atoms. The second-order valence-corrected chi connectivity index (χ2v) is 6.22. The highest BCUT2D eigenvalue weighted by Gasteiger charge is 2.27. The Kier molecular flexibility index (Phi) is 6.13. The number of carbonyl (C=O) groups excluding carboxylic acids is 1. The summed E-state index contributed by atoms with van der Waals surface area (Å²) in [7, 11) is 0. The van der Waals surface area contributed by atoms with E-state index in [1.165, 1.54) is 0 Å². The van der Waals surface area contributed by atoms with Gasteiger partial charge in [-0.2, -0.15) is 0 Å². The number of hydrogen-bond donors (Lipinski definition) is 1. The van der Waals surface area contributed by atoms with Gasteiger partial charge in [0, 0.05) is 31.1 Å². The molecule has 2 N–H and O–H groups in total. The van der Waals surface area contributed by atoms with Crippen LogP contribution >= 0.6 is 12.4 Å². The van der Waals surface area contributed by atoms with Gasteiger partial charge >= 0.3 is 0 Å². The number of nitrogens with two attached hydrogens (primary N) is 1. The van der Waals surface area contributed by atoms with Crippen molar-refractivity contribution < 1.29 is 14.3 Å². The van der Waals surface area contributed by atoms with Gasteiger partial charge in [-0.05, 0) is 43.9 Å². The summed E-state index contributed by atoms with van der Waals surface area (Å²) in [6.45, 7) is 4.84. The zero-order chi connectivity index (χ0) is 15.5. The van der Waals surface area contributed by atoms with Gasteiger partial charge in [-0.3, -0.25) is 4.79 Å². The fourth-order valence-corrected chi connectivity index (χ4v) is 3.10. The molecule has 0 aliphatic carbocycles. The van der Waals surface area contributed by atoms with Gasteiger partial charge in [-0.1, -0.05) is 0 Å². The minimum atomic E-state index is 0. The summed E-state index contributed by atoms with van der Waals surface area (Å²) < 4.78 is 11.3. The summed E-state index contributed by atoms with van der Waals surface area (Å²) in [6, 6.07) is 5.59. The second-order valence-electron chi connectivity index (χ2n) is 6.22. The standard InChI is InChI=1S/C17H24N2O3.ClH/c1-12(18)14-4-2-7-19(11-14)17(20)13-5-6-15-16(10-13)22-9-3-8-21-15;/h5-6,10,12,14H,2-4,7-9,11,18H2,1H3;1H. The molecule has 1 aromatic rings. The van der Waals surface area contributed by atoms with Crippen molar-refractivity contribution in [1.82, 2.24) is 4.90 Å². The van der Waals surface area contributed by atoms with Gasteiger partial charge in [0.05, 0.1) is 13.2 Å². The third-order valence-corrected chi connectivity index (χ3v) is 4.48. The summed E-state index contributed by atoms with van der Waals surface area (Å²) in [6.07, 6.45) is 2.98. The summed E-state index contributed by atoms with van der Waals surface area (Å²) in [4.78, 5) is 14.6. The van der Waals surface area contributed by atoms with E-state index in [1.807, 2.05) is 24.0 Å². The second kappa shape index (κ2) is 7.88. The molecule has 0 radical (unpaired) electrons. The molecule has 3 rings (SSSR count). The van der Waals surface area contributed by atoms with Gasteiger partial charge in [0.25, 0.3) is 5.91 Å². The van der Waals surface area contributed by atoms with Crippen molar-refractivity contribution >= 4 is 18.3 Å². The van der Waals surface area contributed by atoms with Crippen LogP contribution in [0.15, 0.2) is 18.2 Å². The molecule has 1 aromatic carbocycles. The SMILES string of the molecule is CC(N)C1CCCN(C(=O)c2ccc3c(c2)OCCCO3)C1.Cl. The number of amides is 1. The van der Waals surface area contributed by atoms with Crippen LogP contribution in [0.3, 0.4) is 0 Å². The molecule has 1 saturated heterocycles. The third kappa shape index (κ3) is 4.09. The quantitative estimate of drug-likeness (QED) is 0.898. The van der Waals surface area contributed by atoms with E-state index in [0.717, 1.165) is 38.1 Å². The highest BCUT2D eigenvalue weighted by molar-refractivity contribution is 5.95. The number of nitrogens with zero attached hydrogens (tertiary/aromatic N) is 1. The molecule has 2 unspecified atom stereocenters. The number of piperidine rings is 1. The predicted octanol–water partition coefficient (Wildman–Crippen LogP) is 2.47. The molecule has 5 nitrogen and oxygen atoms in total. The maximum Gasteiger partial charge on any atom is 0.254 e. The van der Waals surface area contributed by atoms with Gasteiger partial charge in [0.15, 0.2) is 11.5 Å². The third-order valence-electron chi connectivity index (χ3n) is 4.48. The van der Waals surface area contributed by atoms with E-state index in [4.69, 9.17) is 15.2 Å². The zero-order valence-corrected chi connectivity index (χ0v) is 14.3. The van der Waals surface area contributed by atoms with Crippen molar-refractivity contribution in [3.8, 4) is 11.5 Å². The highest BCUT2D eigenvalue weighted by Crippen LogP contribution is 2.31. The molecule has 0 saturated carbocycles. The molecular weight excluding hydrogens is 316 g/mol. The molecule has 6 heteroatoms. The Labute approximate surface area is 143 Å². The number of benzene rings is 1. The zero-order valence-electron chi connectivity index (χ0n) is 13.5. The molecular formula is C17H25ClN2O3. The van der Waals surface area contributed by atoms with Crippen molar-refractivity contribution in [2.75, 3.05) is 26.3 Å². The molecule has 0 spiro atoms. The average Bonchev–Trinajstić information content (AvgIpc) is 2.78. The Morgan fingerprint density at radius 3 is 2.74 bits per heavy atom. The monoisotopic (exact) mass is 340 g/mol. The van der Waals surface area contributed by atoms with Crippen LogP contribution in [-0.2, 0) is 0 Å². The molecule has 2 atom stereocenters. The largest absolute Gasteiger partial charge is 0.490 e. The summed E-state index contributed by atoms with van der Waals surface area (Å²) in [5, 5.41) is 0. The fraction of sp³-hybridized carbons (Fsp3) is 0.588.